The maximum atomic E-state index is 8.44. The van der Waals surface area contributed by atoms with Gasteiger partial charge < -0.3 is 29.9 Å². The zero-order valence-electron chi connectivity index (χ0n) is 14.7. The van der Waals surface area contributed by atoms with E-state index in [0.717, 1.165) is 6.42 Å². The molecule has 4 heteroatoms. The number of rotatable bonds is 2. The van der Waals surface area contributed by atoms with Crippen LogP contribution >= 0.6 is 0 Å². The second-order valence-electron chi connectivity index (χ2n) is 5.37. The van der Waals surface area contributed by atoms with Crippen LogP contribution in [0.15, 0.2) is 78.9 Å². The molecule has 1 N–H and O–H groups in total. The molecule has 0 saturated carbocycles. The predicted molar refractivity (Wildman–Crippen MR) is 102 cm³/mol. The van der Waals surface area contributed by atoms with Gasteiger partial charge in [-0.05, 0) is 6.42 Å². The first-order chi connectivity index (χ1) is 11.8. The van der Waals surface area contributed by atoms with E-state index in [1.54, 1.807) is 0 Å². The topological polar surface area (TPSA) is 20.2 Å². The number of benzene rings is 2. The molecule has 0 heterocycles. The molecule has 0 atom stereocenters. The van der Waals surface area contributed by atoms with E-state index in [9.17, 15) is 0 Å². The van der Waals surface area contributed by atoms with Crippen LogP contribution in [0.5, 0.6) is 0 Å². The SMILES string of the molecule is C[CH]=[Zr+2].OCCc1ccc[cH-]1.[Cl-].[Cl-].c1ccc2c(c1)[cH-]c1ccccc12. The first-order valence-electron chi connectivity index (χ1n) is 8.10. The molecular weight excluding hydrogens is 442 g/mol. The van der Waals surface area contributed by atoms with E-state index < -0.39 is 0 Å². The summed E-state index contributed by atoms with van der Waals surface area (Å²) in [6, 6.07) is 27.2. The zero-order valence-corrected chi connectivity index (χ0v) is 18.7. The van der Waals surface area contributed by atoms with Gasteiger partial charge in [0.1, 0.15) is 0 Å². The fourth-order valence-corrected chi connectivity index (χ4v) is 2.61. The third-order valence-corrected chi connectivity index (χ3v) is 3.65. The van der Waals surface area contributed by atoms with Gasteiger partial charge in [0.25, 0.3) is 0 Å². The fraction of sp³-hybridized carbons (Fsp3) is 0.136. The van der Waals surface area contributed by atoms with Crippen LogP contribution in [0, 0.1) is 0 Å². The Morgan fingerprint density at radius 2 is 1.38 bits per heavy atom. The van der Waals surface area contributed by atoms with Crippen LogP contribution in [0.25, 0.3) is 21.5 Å². The Morgan fingerprint density at radius 1 is 0.885 bits per heavy atom. The van der Waals surface area contributed by atoms with E-state index in [0.29, 0.717) is 0 Å². The summed E-state index contributed by atoms with van der Waals surface area (Å²) < 4.78 is 2.09. The number of hydrogen-bond acceptors (Lipinski definition) is 1. The summed E-state index contributed by atoms with van der Waals surface area (Å²) in [5, 5.41) is 13.8. The van der Waals surface area contributed by atoms with Gasteiger partial charge in [-0.3, -0.25) is 0 Å². The van der Waals surface area contributed by atoms with Crippen molar-refractivity contribution in [2.75, 3.05) is 6.61 Å². The standard InChI is InChI=1S/C13H9.C7H9O.C2H4.2ClH.Zr/c1-3-7-12-10(5-1)9-11-6-2-4-8-13(11)12;8-6-5-7-3-1-2-4-7;1-2;;;/h1-9H;1-4,8H,5-6H2;1H,2H3;2*1H;/q2*-1;;;;+2/p-2. The van der Waals surface area contributed by atoms with Crippen LogP contribution in [-0.2, 0) is 30.7 Å². The summed E-state index contributed by atoms with van der Waals surface area (Å²) in [5.41, 5.74) is 1.22. The molecule has 4 aromatic rings. The Kier molecular flexibility index (Phi) is 13.5. The van der Waals surface area contributed by atoms with Crippen LogP contribution < -0.4 is 24.8 Å². The maximum absolute atomic E-state index is 8.44. The molecule has 136 valence electrons. The summed E-state index contributed by atoms with van der Waals surface area (Å²) in [6.07, 6.45) is 0.785. The first-order valence-corrected chi connectivity index (χ1v) is 9.51. The molecule has 0 aliphatic rings. The van der Waals surface area contributed by atoms with Gasteiger partial charge in [0.15, 0.2) is 0 Å². The van der Waals surface area contributed by atoms with Crippen LogP contribution in [0.2, 0.25) is 0 Å². The summed E-state index contributed by atoms with van der Waals surface area (Å²) in [7, 11) is 0. The number of hydrogen-bond donors (Lipinski definition) is 1. The molecule has 26 heavy (non-hydrogen) atoms. The molecule has 0 amide bonds. The van der Waals surface area contributed by atoms with Gasteiger partial charge >= 0.3 is 34.9 Å². The molecule has 0 fully saturated rings. The average molecular weight is 465 g/mol. The molecule has 0 aromatic heterocycles. The summed E-state index contributed by atoms with van der Waals surface area (Å²) in [5.74, 6) is 0. The van der Waals surface area contributed by atoms with Gasteiger partial charge in [-0.25, -0.2) is 12.1 Å². The zero-order chi connectivity index (χ0) is 17.2. The molecule has 0 saturated heterocycles. The normalized spacial score (nSPS) is 9.08. The molecule has 0 spiro atoms. The van der Waals surface area contributed by atoms with Crippen molar-refractivity contribution in [3.8, 4) is 0 Å². The molecule has 0 bridgehead atoms. The molecule has 0 radical (unpaired) electrons. The van der Waals surface area contributed by atoms with Crippen LogP contribution in [0.4, 0.5) is 0 Å². The van der Waals surface area contributed by atoms with E-state index >= 15 is 0 Å². The van der Waals surface area contributed by atoms with Crippen molar-refractivity contribution in [3.63, 3.8) is 0 Å². The monoisotopic (exact) mass is 462 g/mol. The molecule has 1 nitrogen and oxygen atoms in total. The third-order valence-electron chi connectivity index (χ3n) is 3.65. The molecule has 0 aliphatic carbocycles. The van der Waals surface area contributed by atoms with E-state index in [1.165, 1.54) is 51.3 Å². The maximum Gasteiger partial charge on any atom is 0.0451 e. The third kappa shape index (κ3) is 7.29. The van der Waals surface area contributed by atoms with Crippen molar-refractivity contribution >= 4 is 25.3 Å². The second-order valence-corrected chi connectivity index (χ2v) is 6.79. The van der Waals surface area contributed by atoms with Crippen molar-refractivity contribution in [1.82, 2.24) is 0 Å². The van der Waals surface area contributed by atoms with Gasteiger partial charge in [-0.2, -0.15) is 17.7 Å². The Morgan fingerprint density at radius 3 is 1.81 bits per heavy atom. The minimum absolute atomic E-state index is 0. The average Bonchev–Trinajstić information content (AvgIpc) is 3.24. The van der Waals surface area contributed by atoms with E-state index in [1.807, 2.05) is 31.2 Å². The Hall–Kier alpha value is -1.05. The molecule has 4 rings (SSSR count). The summed E-state index contributed by atoms with van der Waals surface area (Å²) >= 11 is 1.51. The quantitative estimate of drug-likeness (QED) is 0.378. The van der Waals surface area contributed by atoms with E-state index in [4.69, 9.17) is 5.11 Å². The van der Waals surface area contributed by atoms with Gasteiger partial charge in [-0.1, -0.05) is 36.4 Å². The molecule has 0 aliphatic heterocycles. The van der Waals surface area contributed by atoms with Crippen molar-refractivity contribution in [2.24, 2.45) is 0 Å². The van der Waals surface area contributed by atoms with Gasteiger partial charge in [-0.15, -0.1) is 39.7 Å². The Labute approximate surface area is 182 Å². The molecule has 4 aromatic carbocycles. The van der Waals surface area contributed by atoms with Crippen molar-refractivity contribution in [3.05, 3.63) is 84.4 Å². The Balaban J connectivity index is 0.000000421. The number of aliphatic hydroxyl groups excluding tert-OH is 1. The van der Waals surface area contributed by atoms with Crippen molar-refractivity contribution < 1.29 is 54.2 Å². The fourth-order valence-electron chi connectivity index (χ4n) is 2.61. The van der Waals surface area contributed by atoms with Crippen LogP contribution in [-0.4, -0.2) is 15.4 Å². The van der Waals surface area contributed by atoms with Gasteiger partial charge in [0.2, 0.25) is 0 Å². The Bertz CT molecular complexity index is 816. The number of aliphatic hydroxyl groups is 1. The van der Waals surface area contributed by atoms with Crippen LogP contribution in [0.1, 0.15) is 12.5 Å². The molecule has 0 unspecified atom stereocenters. The number of halogens is 2. The van der Waals surface area contributed by atoms with E-state index in [-0.39, 0.29) is 31.4 Å². The summed E-state index contributed by atoms with van der Waals surface area (Å²) in [4.78, 5) is 0. The van der Waals surface area contributed by atoms with Crippen molar-refractivity contribution in [1.29, 1.82) is 0 Å². The van der Waals surface area contributed by atoms with Crippen molar-refractivity contribution in [2.45, 2.75) is 13.3 Å². The number of fused-ring (bicyclic) bond motifs is 3. The largest absolute Gasteiger partial charge is 1.00 e. The predicted octanol–water partition coefficient (Wildman–Crippen LogP) is -0.984. The van der Waals surface area contributed by atoms with E-state index in [2.05, 4.69) is 58.3 Å². The minimum Gasteiger partial charge on any atom is -1.00 e. The van der Waals surface area contributed by atoms with Gasteiger partial charge in [0.05, 0.1) is 0 Å². The first kappa shape index (κ1) is 25.0. The van der Waals surface area contributed by atoms with Gasteiger partial charge in [0, 0.05) is 6.61 Å². The second kappa shape index (κ2) is 14.1. The van der Waals surface area contributed by atoms with Crippen LogP contribution in [0.3, 0.4) is 0 Å². The smallest absolute Gasteiger partial charge is 0.0451 e. The summed E-state index contributed by atoms with van der Waals surface area (Å²) in [6.45, 7) is 2.29. The minimum atomic E-state index is 0. The molecular formula is C22H22Cl2OZr-2.